The van der Waals surface area contributed by atoms with Crippen molar-refractivity contribution >= 4 is 12.4 Å². The van der Waals surface area contributed by atoms with E-state index in [1.807, 2.05) is 42.5 Å². The van der Waals surface area contributed by atoms with E-state index >= 15 is 4.57 Å². The second-order valence-corrected chi connectivity index (χ2v) is 18.2. The van der Waals surface area contributed by atoms with Crippen LogP contribution in [0.25, 0.3) is 11.3 Å². The zero-order valence-electron chi connectivity index (χ0n) is 24.0. The molecule has 0 atom stereocenters. The molecule has 1 radical (unpaired) electrons. The summed E-state index contributed by atoms with van der Waals surface area (Å²) >= 11 is 0. The molecule has 0 amide bonds. The van der Waals surface area contributed by atoms with Crippen molar-refractivity contribution in [2.24, 2.45) is 35.5 Å². The first-order valence-corrected chi connectivity index (χ1v) is 17.7. The van der Waals surface area contributed by atoms with Gasteiger partial charge in [0.1, 0.15) is 7.14 Å². The van der Waals surface area contributed by atoms with E-state index in [1.165, 1.54) is 82.4 Å². The fourth-order valence-corrected chi connectivity index (χ4v) is 17.2. The molecule has 8 aliphatic carbocycles. The Hall–Kier alpha value is -1.53. The average Bonchev–Trinajstić information content (AvgIpc) is 2.97. The maximum Gasteiger partial charge on any atom is 0.104 e. The van der Waals surface area contributed by atoms with Gasteiger partial charge >= 0.3 is 0 Å². The molecule has 1 heterocycles. The SMILES string of the molecule is O=P(c1[c-]cccc1)(C12CC3CC(CC(C3)C1)C2)C12CC3CC(CC(C3)C1)C2.[Ir].[c-]1ccccc1-c1ccccn1. The van der Waals surface area contributed by atoms with Crippen LogP contribution in [0.4, 0.5) is 0 Å². The van der Waals surface area contributed by atoms with Gasteiger partial charge in [-0.3, -0.25) is 0 Å². The standard InChI is InChI=1S/C26H34OP.C11H8N.Ir/c27-28(24-4-2-1-3-5-24,25-12-18-6-19(13-25)8-20(7-18)14-25)26-15-21-9-22(16-26)11-23(10-21)17-26;1-2-6-10(7-3-1)11-8-4-5-9-12-11;/h1-4,18-23H,6-17H2;1-6,8-9H;/q2*-1;. The molecule has 0 N–H and O–H groups in total. The molecule has 11 rings (SSSR count). The molecule has 0 unspecified atom stereocenters. The first-order valence-electron chi connectivity index (χ1n) is 16.0. The normalized spacial score (nSPS) is 38.8. The van der Waals surface area contributed by atoms with Gasteiger partial charge in [-0.1, -0.05) is 12.1 Å². The summed E-state index contributed by atoms with van der Waals surface area (Å²) in [6.07, 6.45) is 18.1. The molecule has 0 saturated heterocycles. The molecule has 4 heteroatoms. The predicted molar refractivity (Wildman–Crippen MR) is 163 cm³/mol. The van der Waals surface area contributed by atoms with Gasteiger partial charge in [0.25, 0.3) is 0 Å². The molecule has 8 saturated carbocycles. The van der Waals surface area contributed by atoms with Crippen molar-refractivity contribution in [2.75, 3.05) is 0 Å². The fourth-order valence-electron chi connectivity index (χ4n) is 11.6. The number of hydrogen-bond donors (Lipinski definition) is 0. The number of rotatable bonds is 4. The summed E-state index contributed by atoms with van der Waals surface area (Å²) in [6.45, 7) is 0. The predicted octanol–water partition coefficient (Wildman–Crippen LogP) is 8.96. The van der Waals surface area contributed by atoms with Gasteiger partial charge in [0.2, 0.25) is 0 Å². The van der Waals surface area contributed by atoms with Crippen molar-refractivity contribution < 1.29 is 24.7 Å². The van der Waals surface area contributed by atoms with Crippen LogP contribution in [0.1, 0.15) is 77.0 Å². The summed E-state index contributed by atoms with van der Waals surface area (Å²) in [4.78, 5) is 4.22. The summed E-state index contributed by atoms with van der Waals surface area (Å²) in [5, 5.41) is 1.43. The molecule has 8 aliphatic rings. The van der Waals surface area contributed by atoms with Crippen molar-refractivity contribution in [1.82, 2.24) is 4.98 Å². The van der Waals surface area contributed by atoms with E-state index in [-0.39, 0.29) is 30.4 Å². The summed E-state index contributed by atoms with van der Waals surface area (Å²) in [5.41, 5.74) is 2.01. The number of hydrogen-bond acceptors (Lipinski definition) is 2. The maximum atomic E-state index is 15.9. The molecule has 2 nitrogen and oxygen atoms in total. The maximum absolute atomic E-state index is 15.9. The van der Waals surface area contributed by atoms with Gasteiger partial charge in [-0.25, -0.2) is 0 Å². The van der Waals surface area contributed by atoms with Gasteiger partial charge in [-0.05, 0) is 124 Å². The molecule has 2 aromatic carbocycles. The number of aromatic nitrogens is 1. The van der Waals surface area contributed by atoms with Crippen LogP contribution in [0.2, 0.25) is 0 Å². The van der Waals surface area contributed by atoms with Crippen LogP contribution in [0.15, 0.2) is 72.9 Å². The third kappa shape index (κ3) is 4.69. The van der Waals surface area contributed by atoms with E-state index in [1.54, 1.807) is 6.20 Å². The minimum absolute atomic E-state index is 0. The smallest absolute Gasteiger partial charge is 0.104 e. The second kappa shape index (κ2) is 10.9. The Morgan fingerprint density at radius 2 is 1.07 bits per heavy atom. The van der Waals surface area contributed by atoms with E-state index in [2.05, 4.69) is 41.4 Å². The van der Waals surface area contributed by atoms with Gasteiger partial charge in [-0.2, -0.15) is 30.3 Å². The summed E-state index contributed by atoms with van der Waals surface area (Å²) in [6, 6.07) is 28.9. The first kappa shape index (κ1) is 28.3. The molecular weight excluding hydrogens is 698 g/mol. The molecule has 3 aromatic rings. The molecule has 0 aliphatic heterocycles. The van der Waals surface area contributed by atoms with Crippen molar-refractivity contribution in [3.8, 4) is 11.3 Å². The monoisotopic (exact) mass is 740 g/mol. The Labute approximate surface area is 260 Å². The third-order valence-electron chi connectivity index (χ3n) is 12.0. The first-order chi connectivity index (χ1) is 19.5. The number of pyridine rings is 1. The van der Waals surface area contributed by atoms with Crippen molar-refractivity contribution in [1.29, 1.82) is 0 Å². The number of benzene rings is 2. The zero-order valence-corrected chi connectivity index (χ0v) is 27.3. The van der Waals surface area contributed by atoms with Crippen LogP contribution in [0.5, 0.6) is 0 Å². The summed E-state index contributed by atoms with van der Waals surface area (Å²) < 4.78 is 15.9. The van der Waals surface area contributed by atoms with Crippen LogP contribution in [0.3, 0.4) is 0 Å². The van der Waals surface area contributed by atoms with Crippen LogP contribution >= 0.6 is 7.14 Å². The second-order valence-electron chi connectivity index (χ2n) is 14.6. The summed E-state index contributed by atoms with van der Waals surface area (Å²) in [7, 11) is -2.53. The molecule has 0 spiro atoms. The van der Waals surface area contributed by atoms with Crippen LogP contribution in [0, 0.1) is 47.6 Å². The van der Waals surface area contributed by atoms with E-state index in [0.29, 0.717) is 0 Å². The largest absolute Gasteiger partial charge is 0.320 e. The Kier molecular flexibility index (Phi) is 7.49. The zero-order chi connectivity index (χ0) is 26.8. The van der Waals surface area contributed by atoms with Gasteiger partial charge in [0.05, 0.1) is 0 Å². The molecular formula is C37H42IrNOP-2. The molecule has 1 aromatic heterocycles. The van der Waals surface area contributed by atoms with Crippen LogP contribution in [-0.2, 0) is 24.7 Å². The third-order valence-corrected chi connectivity index (χ3v) is 16.8. The minimum atomic E-state index is -2.53. The fraction of sp³-hybridized carbons (Fsp3) is 0.541. The van der Waals surface area contributed by atoms with E-state index in [0.717, 1.165) is 46.8 Å². The van der Waals surface area contributed by atoms with Gasteiger partial charge < -0.3 is 9.55 Å². The topological polar surface area (TPSA) is 30.0 Å². The molecule has 8 bridgehead atoms. The Morgan fingerprint density at radius 3 is 1.46 bits per heavy atom. The van der Waals surface area contributed by atoms with Crippen molar-refractivity contribution in [3.63, 3.8) is 0 Å². The van der Waals surface area contributed by atoms with Crippen molar-refractivity contribution in [3.05, 3.63) is 85.1 Å². The summed E-state index contributed by atoms with van der Waals surface area (Å²) in [5.74, 6) is 5.23. The Morgan fingerprint density at radius 1 is 0.610 bits per heavy atom. The minimum Gasteiger partial charge on any atom is -0.320 e. The van der Waals surface area contributed by atoms with Crippen LogP contribution < -0.4 is 5.30 Å². The van der Waals surface area contributed by atoms with Gasteiger partial charge in [0.15, 0.2) is 0 Å². The van der Waals surface area contributed by atoms with E-state index < -0.39 is 7.14 Å². The Balaban J connectivity index is 0.000000180. The Bertz CT molecular complexity index is 1230. The molecule has 41 heavy (non-hydrogen) atoms. The van der Waals surface area contributed by atoms with Crippen molar-refractivity contribution in [2.45, 2.75) is 87.4 Å². The van der Waals surface area contributed by atoms with Gasteiger partial charge in [0, 0.05) is 36.6 Å². The van der Waals surface area contributed by atoms with Crippen LogP contribution in [-0.4, -0.2) is 15.3 Å². The molecule has 8 fully saturated rings. The molecule has 217 valence electrons. The van der Waals surface area contributed by atoms with E-state index in [9.17, 15) is 0 Å². The van der Waals surface area contributed by atoms with Gasteiger partial charge in [-0.15, -0.1) is 41.2 Å². The average molecular weight is 740 g/mol. The van der Waals surface area contributed by atoms with E-state index in [4.69, 9.17) is 0 Å². The quantitative estimate of drug-likeness (QED) is 0.198. The number of nitrogens with zero attached hydrogens (tertiary/aromatic N) is 1.